The number of halogens is 2. The molecular formula is C28H31Cl2N3O4S. The van der Waals surface area contributed by atoms with Crippen LogP contribution in [0.15, 0.2) is 65.6 Å². The molecule has 0 aliphatic heterocycles. The van der Waals surface area contributed by atoms with E-state index in [2.05, 4.69) is 5.32 Å². The second-order valence-electron chi connectivity index (χ2n) is 9.66. The molecule has 202 valence electrons. The monoisotopic (exact) mass is 575 g/mol. The number of nitrogens with zero attached hydrogens (tertiary/aromatic N) is 2. The van der Waals surface area contributed by atoms with E-state index in [1.54, 1.807) is 37.3 Å². The highest BCUT2D eigenvalue weighted by molar-refractivity contribution is 7.89. The fraction of sp³-hybridized carbons (Fsp3) is 0.357. The molecule has 3 aromatic rings. The number of fused-ring (bicyclic) bond motifs is 1. The van der Waals surface area contributed by atoms with Crippen LogP contribution in [0.2, 0.25) is 10.0 Å². The number of hydrogen-bond donors (Lipinski definition) is 1. The van der Waals surface area contributed by atoms with Crippen molar-refractivity contribution in [2.24, 2.45) is 0 Å². The summed E-state index contributed by atoms with van der Waals surface area (Å²) in [6.07, 6.45) is 3.90. The van der Waals surface area contributed by atoms with Gasteiger partial charge >= 0.3 is 0 Å². The molecule has 3 aromatic carbocycles. The van der Waals surface area contributed by atoms with E-state index >= 15 is 0 Å². The molecule has 0 unspecified atom stereocenters. The molecule has 1 fully saturated rings. The van der Waals surface area contributed by atoms with Crippen molar-refractivity contribution < 1.29 is 18.0 Å². The average molecular weight is 577 g/mol. The highest BCUT2D eigenvalue weighted by Crippen LogP contribution is 2.27. The van der Waals surface area contributed by atoms with Crippen molar-refractivity contribution >= 4 is 55.8 Å². The van der Waals surface area contributed by atoms with Crippen molar-refractivity contribution in [1.29, 1.82) is 0 Å². The van der Waals surface area contributed by atoms with Gasteiger partial charge in [0, 0.05) is 35.2 Å². The summed E-state index contributed by atoms with van der Waals surface area (Å²) in [6.45, 7) is 1.13. The highest BCUT2D eigenvalue weighted by Gasteiger charge is 2.32. The van der Waals surface area contributed by atoms with Gasteiger partial charge < -0.3 is 10.2 Å². The first kappa shape index (κ1) is 28.4. The van der Waals surface area contributed by atoms with E-state index < -0.39 is 28.5 Å². The number of carbonyl (C=O) groups excluding carboxylic acids is 2. The Hall–Kier alpha value is -2.65. The lowest BCUT2D eigenvalue weighted by atomic mass is 10.1. The van der Waals surface area contributed by atoms with Gasteiger partial charge in [0.2, 0.25) is 21.8 Å². The number of sulfonamides is 1. The molecule has 38 heavy (non-hydrogen) atoms. The Kier molecular flexibility index (Phi) is 8.98. The summed E-state index contributed by atoms with van der Waals surface area (Å²) in [7, 11) is -2.63. The molecule has 1 aliphatic carbocycles. The Labute approximate surface area is 233 Å². The summed E-state index contributed by atoms with van der Waals surface area (Å²) in [6, 6.07) is 16.5. The summed E-state index contributed by atoms with van der Waals surface area (Å²) in [4.78, 5) is 28.2. The van der Waals surface area contributed by atoms with Crippen LogP contribution in [0.5, 0.6) is 0 Å². The smallest absolute Gasteiger partial charge is 0.243 e. The van der Waals surface area contributed by atoms with Gasteiger partial charge in [-0.2, -0.15) is 4.31 Å². The molecule has 0 radical (unpaired) electrons. The third-order valence-electron chi connectivity index (χ3n) is 7.05. The summed E-state index contributed by atoms with van der Waals surface area (Å²) in [5, 5.41) is 5.43. The molecule has 0 aromatic heterocycles. The Morgan fingerprint density at radius 1 is 0.974 bits per heavy atom. The zero-order chi connectivity index (χ0) is 27.4. The van der Waals surface area contributed by atoms with Crippen LogP contribution in [0.25, 0.3) is 10.8 Å². The Bertz CT molecular complexity index is 1420. The van der Waals surface area contributed by atoms with E-state index in [1.807, 2.05) is 24.3 Å². The van der Waals surface area contributed by atoms with E-state index in [1.165, 1.54) is 18.0 Å². The SMILES string of the molecule is C[C@@H](C(=O)NC1CCCC1)N(Cc1c(Cl)cccc1Cl)C(=O)CN(C)S(=O)(=O)c1ccc2ccccc2c1. The number of nitrogens with one attached hydrogen (secondary N) is 1. The Morgan fingerprint density at radius 3 is 2.26 bits per heavy atom. The first-order valence-corrected chi connectivity index (χ1v) is 14.8. The zero-order valence-electron chi connectivity index (χ0n) is 21.4. The van der Waals surface area contributed by atoms with E-state index in [-0.39, 0.29) is 23.4 Å². The van der Waals surface area contributed by atoms with Crippen LogP contribution in [0, 0.1) is 0 Å². The second kappa shape index (κ2) is 12.0. The van der Waals surface area contributed by atoms with Crippen molar-refractivity contribution in [2.75, 3.05) is 13.6 Å². The zero-order valence-corrected chi connectivity index (χ0v) is 23.7. The maximum atomic E-state index is 13.6. The molecular weight excluding hydrogens is 545 g/mol. The van der Waals surface area contributed by atoms with Gasteiger partial charge in [-0.25, -0.2) is 8.42 Å². The Morgan fingerprint density at radius 2 is 1.61 bits per heavy atom. The maximum Gasteiger partial charge on any atom is 0.243 e. The van der Waals surface area contributed by atoms with Gasteiger partial charge in [-0.05, 0) is 54.8 Å². The van der Waals surface area contributed by atoms with Gasteiger partial charge in [0.05, 0.1) is 11.4 Å². The quantitative estimate of drug-likeness (QED) is 0.378. The normalized spacial score (nSPS) is 15.1. The minimum absolute atomic E-state index is 0.0412. The minimum Gasteiger partial charge on any atom is -0.352 e. The second-order valence-corrected chi connectivity index (χ2v) is 12.5. The average Bonchev–Trinajstić information content (AvgIpc) is 3.40. The largest absolute Gasteiger partial charge is 0.352 e. The standard InChI is InChI=1S/C28H31Cl2N3O4S/c1-19(28(35)31-22-10-5-6-11-22)33(17-24-25(29)12-7-13-26(24)30)27(34)18-32(2)38(36,37)23-15-14-20-8-3-4-9-21(20)16-23/h3-4,7-9,12-16,19,22H,5-6,10-11,17-18H2,1-2H3,(H,31,35)/t19-/m0/s1. The summed E-state index contributed by atoms with van der Waals surface area (Å²) in [5.41, 5.74) is 0.490. The molecule has 10 heteroatoms. The van der Waals surface area contributed by atoms with Gasteiger partial charge in [-0.15, -0.1) is 0 Å². The number of hydrogen-bond acceptors (Lipinski definition) is 4. The van der Waals surface area contributed by atoms with E-state index in [4.69, 9.17) is 23.2 Å². The summed E-state index contributed by atoms with van der Waals surface area (Å²) >= 11 is 12.8. The van der Waals surface area contributed by atoms with Gasteiger partial charge in [0.25, 0.3) is 0 Å². The molecule has 0 saturated heterocycles. The molecule has 0 bridgehead atoms. The molecule has 0 heterocycles. The third kappa shape index (κ3) is 6.31. The number of amides is 2. The van der Waals surface area contributed by atoms with E-state index in [0.717, 1.165) is 40.8 Å². The van der Waals surface area contributed by atoms with Crippen LogP contribution in [-0.4, -0.2) is 55.1 Å². The lowest BCUT2D eigenvalue weighted by molar-refractivity contribution is -0.140. The minimum atomic E-state index is -3.98. The van der Waals surface area contributed by atoms with E-state index in [0.29, 0.717) is 15.6 Å². The molecule has 1 atom stereocenters. The van der Waals surface area contributed by atoms with Gasteiger partial charge in [-0.3, -0.25) is 9.59 Å². The molecule has 2 amide bonds. The van der Waals surface area contributed by atoms with Gasteiger partial charge in [0.1, 0.15) is 6.04 Å². The predicted molar refractivity (Wildman–Crippen MR) is 151 cm³/mol. The lowest BCUT2D eigenvalue weighted by Crippen LogP contribution is -2.52. The van der Waals surface area contributed by atoms with Crippen LogP contribution in [-0.2, 0) is 26.2 Å². The predicted octanol–water partition coefficient (Wildman–Crippen LogP) is 5.24. The number of benzene rings is 3. The van der Waals surface area contributed by atoms with Crippen molar-refractivity contribution in [3.63, 3.8) is 0 Å². The van der Waals surface area contributed by atoms with Crippen molar-refractivity contribution in [3.8, 4) is 0 Å². The molecule has 1 N–H and O–H groups in total. The van der Waals surface area contributed by atoms with Crippen LogP contribution in [0.3, 0.4) is 0 Å². The van der Waals surface area contributed by atoms with Crippen molar-refractivity contribution in [1.82, 2.24) is 14.5 Å². The first-order valence-electron chi connectivity index (χ1n) is 12.6. The molecule has 0 spiro atoms. The molecule has 1 aliphatic rings. The van der Waals surface area contributed by atoms with Crippen molar-refractivity contribution in [3.05, 3.63) is 76.3 Å². The number of rotatable bonds is 9. The van der Waals surface area contributed by atoms with Crippen LogP contribution in [0.1, 0.15) is 38.2 Å². The fourth-order valence-corrected chi connectivity index (χ4v) is 6.38. The van der Waals surface area contributed by atoms with Crippen molar-refractivity contribution in [2.45, 2.75) is 56.1 Å². The first-order chi connectivity index (χ1) is 18.1. The number of carbonyl (C=O) groups is 2. The Balaban J connectivity index is 1.58. The fourth-order valence-electron chi connectivity index (χ4n) is 4.70. The summed E-state index contributed by atoms with van der Waals surface area (Å²) < 4.78 is 27.7. The number of likely N-dealkylation sites (N-methyl/N-ethyl adjacent to an activating group) is 1. The molecule has 7 nitrogen and oxygen atoms in total. The van der Waals surface area contributed by atoms with Crippen LogP contribution < -0.4 is 5.32 Å². The van der Waals surface area contributed by atoms with Crippen LogP contribution >= 0.6 is 23.2 Å². The maximum absolute atomic E-state index is 13.6. The highest BCUT2D eigenvalue weighted by atomic mass is 35.5. The topological polar surface area (TPSA) is 86.8 Å². The molecule has 1 saturated carbocycles. The van der Waals surface area contributed by atoms with Gasteiger partial charge in [0.15, 0.2) is 0 Å². The third-order valence-corrected chi connectivity index (χ3v) is 9.55. The summed E-state index contributed by atoms with van der Waals surface area (Å²) in [5.74, 6) is -0.838. The molecule has 4 rings (SSSR count). The van der Waals surface area contributed by atoms with Crippen LogP contribution in [0.4, 0.5) is 0 Å². The van der Waals surface area contributed by atoms with Gasteiger partial charge in [-0.1, -0.05) is 72.4 Å². The van der Waals surface area contributed by atoms with E-state index in [9.17, 15) is 18.0 Å². The lowest BCUT2D eigenvalue weighted by Gasteiger charge is -2.31.